The van der Waals surface area contributed by atoms with E-state index in [4.69, 9.17) is 16.7 Å². The quantitative estimate of drug-likeness (QED) is 0.752. The van der Waals surface area contributed by atoms with Crippen LogP contribution in [0.1, 0.15) is 10.4 Å². The van der Waals surface area contributed by atoms with E-state index in [9.17, 15) is 13.4 Å². The van der Waals surface area contributed by atoms with Gasteiger partial charge < -0.3 is 10.4 Å². The van der Waals surface area contributed by atoms with Crippen molar-refractivity contribution >= 4 is 38.8 Å². The molecular weight excluding hydrogens is 367 g/mol. The van der Waals surface area contributed by atoms with E-state index in [-0.39, 0.29) is 29.4 Å². The smallest absolute Gasteiger partial charge is 0.255 e. The van der Waals surface area contributed by atoms with E-state index < -0.39 is 21.4 Å². The van der Waals surface area contributed by atoms with Crippen molar-refractivity contribution in [3.63, 3.8) is 0 Å². The predicted molar refractivity (Wildman–Crippen MR) is 99.1 cm³/mol. The first-order valence-electron chi connectivity index (χ1n) is 7.31. The third kappa shape index (κ3) is 4.58. The topological polar surface area (TPSA) is 69.6 Å². The first-order chi connectivity index (χ1) is 11.8. The molecule has 0 aliphatic heterocycles. The van der Waals surface area contributed by atoms with Gasteiger partial charge in [-0.1, -0.05) is 17.7 Å². The first kappa shape index (κ1) is 19.4. The van der Waals surface area contributed by atoms with Crippen LogP contribution in [0.4, 0.5) is 10.1 Å². The second-order valence-electron chi connectivity index (χ2n) is 5.33. The molecule has 0 aliphatic rings. The predicted octanol–water partition coefficient (Wildman–Crippen LogP) is 2.65. The molecule has 0 bridgehead atoms. The molecule has 0 saturated carbocycles. The summed E-state index contributed by atoms with van der Waals surface area (Å²) in [5.41, 5.74) is 0.506. The standard InChI is InChI=1S/C17H18ClFN2O3S/c1-21(8-9-22)25(2,24)14-5-3-4-12(10-14)17(23)20-13-6-7-15(18)16(19)11-13/h3-7,10-11,22H,2,8-9H2,1H3,(H,20,23). The lowest BCUT2D eigenvalue weighted by Crippen LogP contribution is -2.29. The zero-order valence-electron chi connectivity index (χ0n) is 13.5. The molecule has 5 nitrogen and oxygen atoms in total. The van der Waals surface area contributed by atoms with Crippen LogP contribution in [0.3, 0.4) is 0 Å². The van der Waals surface area contributed by atoms with Crippen molar-refractivity contribution < 1.29 is 18.5 Å². The zero-order valence-corrected chi connectivity index (χ0v) is 15.1. The van der Waals surface area contributed by atoms with E-state index in [1.807, 2.05) is 0 Å². The van der Waals surface area contributed by atoms with Crippen molar-refractivity contribution in [3.05, 3.63) is 58.9 Å². The monoisotopic (exact) mass is 384 g/mol. The molecule has 0 aromatic heterocycles. The Morgan fingerprint density at radius 2 is 2.08 bits per heavy atom. The SMILES string of the molecule is C=S(=O)(c1cccc(C(=O)Nc2ccc(Cl)c(F)c2)c1)N(C)CCO. The molecule has 2 rings (SSSR count). The highest BCUT2D eigenvalue weighted by atomic mass is 35.5. The molecular formula is C17H18ClFN2O3S. The summed E-state index contributed by atoms with van der Waals surface area (Å²) >= 11 is 5.61. The van der Waals surface area contributed by atoms with Crippen molar-refractivity contribution in [3.8, 4) is 0 Å². The Hall–Kier alpha value is -1.93. The highest BCUT2D eigenvalue weighted by molar-refractivity contribution is 7.98. The number of nitrogens with zero attached hydrogens (tertiary/aromatic N) is 1. The van der Waals surface area contributed by atoms with Gasteiger partial charge in [-0.25, -0.2) is 12.9 Å². The number of amides is 1. The van der Waals surface area contributed by atoms with Crippen LogP contribution in [0.25, 0.3) is 0 Å². The molecule has 2 N–H and O–H groups in total. The highest BCUT2D eigenvalue weighted by Gasteiger charge is 2.16. The van der Waals surface area contributed by atoms with Gasteiger partial charge in [0, 0.05) is 22.7 Å². The Morgan fingerprint density at radius 1 is 1.36 bits per heavy atom. The van der Waals surface area contributed by atoms with Gasteiger partial charge in [0.1, 0.15) is 5.82 Å². The van der Waals surface area contributed by atoms with Crippen LogP contribution in [0, 0.1) is 5.82 Å². The van der Waals surface area contributed by atoms with Crippen LogP contribution >= 0.6 is 11.6 Å². The van der Waals surface area contributed by atoms with E-state index in [1.165, 1.54) is 22.5 Å². The van der Waals surface area contributed by atoms with Gasteiger partial charge in [-0.15, -0.1) is 0 Å². The number of aliphatic hydroxyl groups excluding tert-OH is 1. The van der Waals surface area contributed by atoms with Gasteiger partial charge in [0.25, 0.3) is 5.91 Å². The maximum absolute atomic E-state index is 13.5. The molecule has 25 heavy (non-hydrogen) atoms. The lowest BCUT2D eigenvalue weighted by molar-refractivity contribution is 0.102. The summed E-state index contributed by atoms with van der Waals surface area (Å²) in [4.78, 5) is 12.7. The number of aliphatic hydroxyl groups is 1. The molecule has 134 valence electrons. The van der Waals surface area contributed by atoms with Crippen LogP contribution in [-0.2, 0) is 9.71 Å². The van der Waals surface area contributed by atoms with Gasteiger partial charge in [-0.05, 0) is 49.3 Å². The number of likely N-dealkylation sites (N-methyl/N-ethyl adjacent to an activating group) is 1. The van der Waals surface area contributed by atoms with Gasteiger partial charge >= 0.3 is 0 Å². The average molecular weight is 385 g/mol. The number of nitrogens with one attached hydrogen (secondary N) is 1. The Bertz CT molecular complexity index is 887. The molecule has 2 aromatic carbocycles. The normalized spacial score (nSPS) is 13.5. The van der Waals surface area contributed by atoms with Crippen LogP contribution in [0.15, 0.2) is 47.4 Å². The molecule has 0 fully saturated rings. The molecule has 0 radical (unpaired) electrons. The summed E-state index contributed by atoms with van der Waals surface area (Å²) in [5.74, 6) is 2.59. The minimum absolute atomic E-state index is 0.0382. The lowest BCUT2D eigenvalue weighted by atomic mass is 10.2. The van der Waals surface area contributed by atoms with E-state index in [0.29, 0.717) is 4.90 Å². The fraction of sp³-hybridized carbons (Fsp3) is 0.176. The Kier molecular flexibility index (Phi) is 6.18. The Morgan fingerprint density at radius 3 is 2.72 bits per heavy atom. The van der Waals surface area contributed by atoms with Crippen LogP contribution in [0.5, 0.6) is 0 Å². The number of benzene rings is 2. The molecule has 2 aromatic rings. The summed E-state index contributed by atoms with van der Waals surface area (Å²) in [7, 11) is -1.25. The van der Waals surface area contributed by atoms with E-state index >= 15 is 0 Å². The minimum atomic E-state index is -2.83. The van der Waals surface area contributed by atoms with E-state index in [0.717, 1.165) is 6.07 Å². The van der Waals surface area contributed by atoms with Crippen LogP contribution in [-0.4, -0.2) is 45.6 Å². The molecule has 0 saturated heterocycles. The number of hydrogen-bond donors (Lipinski definition) is 2. The minimum Gasteiger partial charge on any atom is -0.395 e. The Balaban J connectivity index is 2.25. The molecule has 0 spiro atoms. The molecule has 0 aliphatic carbocycles. The largest absolute Gasteiger partial charge is 0.395 e. The summed E-state index contributed by atoms with van der Waals surface area (Å²) in [6.45, 7) is 0.0220. The third-order valence-corrected chi connectivity index (χ3v) is 6.05. The number of carbonyl (C=O) groups excluding carboxylic acids is 1. The van der Waals surface area contributed by atoms with Gasteiger partial charge in [0.15, 0.2) is 0 Å². The second-order valence-corrected chi connectivity index (χ2v) is 8.11. The second kappa shape index (κ2) is 7.97. The maximum Gasteiger partial charge on any atom is 0.255 e. The number of anilines is 1. The van der Waals surface area contributed by atoms with Crippen molar-refractivity contribution in [2.24, 2.45) is 0 Å². The van der Waals surface area contributed by atoms with Crippen molar-refractivity contribution in [2.75, 3.05) is 25.5 Å². The molecule has 0 heterocycles. The van der Waals surface area contributed by atoms with Crippen molar-refractivity contribution in [2.45, 2.75) is 4.90 Å². The van der Waals surface area contributed by atoms with E-state index in [2.05, 4.69) is 11.2 Å². The molecule has 8 heteroatoms. The fourth-order valence-electron chi connectivity index (χ4n) is 2.08. The fourth-order valence-corrected chi connectivity index (χ4v) is 3.54. The molecule has 1 amide bonds. The zero-order chi connectivity index (χ0) is 18.6. The van der Waals surface area contributed by atoms with Crippen molar-refractivity contribution in [1.82, 2.24) is 4.31 Å². The number of halogens is 2. The van der Waals surface area contributed by atoms with E-state index in [1.54, 1.807) is 25.2 Å². The van der Waals surface area contributed by atoms with Crippen LogP contribution < -0.4 is 5.32 Å². The summed E-state index contributed by atoms with van der Waals surface area (Å²) in [6.07, 6.45) is 0. The van der Waals surface area contributed by atoms with Gasteiger partial charge in [-0.2, -0.15) is 0 Å². The third-order valence-electron chi connectivity index (χ3n) is 3.56. The summed E-state index contributed by atoms with van der Waals surface area (Å²) in [5, 5.41) is 11.5. The lowest BCUT2D eigenvalue weighted by Gasteiger charge is -2.21. The number of carbonyl (C=O) groups is 1. The van der Waals surface area contributed by atoms with Gasteiger partial charge in [0.05, 0.1) is 21.3 Å². The number of hydrogen-bond acceptors (Lipinski definition) is 3. The number of rotatable bonds is 6. The summed E-state index contributed by atoms with van der Waals surface area (Å²) in [6, 6.07) is 10.1. The molecule has 1 atom stereocenters. The van der Waals surface area contributed by atoms with Crippen molar-refractivity contribution in [1.29, 1.82) is 0 Å². The molecule has 1 unspecified atom stereocenters. The van der Waals surface area contributed by atoms with Gasteiger partial charge in [-0.3, -0.25) is 4.79 Å². The summed E-state index contributed by atoms with van der Waals surface area (Å²) < 4.78 is 27.7. The van der Waals surface area contributed by atoms with Crippen LogP contribution in [0.2, 0.25) is 5.02 Å². The highest BCUT2D eigenvalue weighted by Crippen LogP contribution is 2.20. The maximum atomic E-state index is 13.5. The van der Waals surface area contributed by atoms with Gasteiger partial charge in [0.2, 0.25) is 0 Å². The Labute approximate surface area is 151 Å². The average Bonchev–Trinajstić information content (AvgIpc) is 2.58. The first-order valence-corrected chi connectivity index (χ1v) is 9.38.